The molecule has 0 spiro atoms. The van der Waals surface area contributed by atoms with Crippen LogP contribution in [0.5, 0.6) is 0 Å². The maximum atomic E-state index is 13.9. The second kappa shape index (κ2) is 16.6. The second-order valence-corrected chi connectivity index (χ2v) is 14.8. The van der Waals surface area contributed by atoms with Crippen LogP contribution in [0.4, 0.5) is 0 Å². The first kappa shape index (κ1) is 37.3. The molecular weight excluding hydrogens is 771 g/mol. The third kappa shape index (κ3) is 8.01. The van der Waals surface area contributed by atoms with Crippen molar-refractivity contribution in [3.63, 3.8) is 0 Å². The lowest BCUT2D eigenvalue weighted by Crippen LogP contribution is -2.41. The highest BCUT2D eigenvalue weighted by molar-refractivity contribution is 7.98. The number of esters is 3. The number of hydrogen-bond donors (Lipinski definition) is 0. The van der Waals surface area contributed by atoms with E-state index in [1.165, 1.54) is 11.8 Å². The molecule has 0 saturated carbocycles. The molecule has 280 valence electrons. The van der Waals surface area contributed by atoms with Gasteiger partial charge in [-0.15, -0.1) is 0 Å². The molecular formula is C44H32Cl2N2O7S. The molecule has 1 aliphatic rings. The van der Waals surface area contributed by atoms with E-state index >= 15 is 0 Å². The maximum absolute atomic E-state index is 13.9. The van der Waals surface area contributed by atoms with Gasteiger partial charge in [0.15, 0.2) is 23.6 Å². The summed E-state index contributed by atoms with van der Waals surface area (Å²) in [6, 6.07) is 42.8. The number of rotatable bonds is 11. The first-order chi connectivity index (χ1) is 27.3. The molecule has 0 N–H and O–H groups in total. The molecule has 8 rings (SSSR count). The molecule has 12 heteroatoms. The molecule has 1 aliphatic heterocycles. The van der Waals surface area contributed by atoms with Crippen LogP contribution in [0.1, 0.15) is 42.9 Å². The van der Waals surface area contributed by atoms with Gasteiger partial charge < -0.3 is 18.9 Å². The first-order valence-electron chi connectivity index (χ1n) is 17.7. The van der Waals surface area contributed by atoms with E-state index in [1.807, 2.05) is 47.0 Å². The van der Waals surface area contributed by atoms with Gasteiger partial charge in [-0.1, -0.05) is 120 Å². The molecule has 0 radical (unpaired) electrons. The summed E-state index contributed by atoms with van der Waals surface area (Å²) >= 11 is 14.4. The molecule has 7 aromatic rings. The molecule has 2 heterocycles. The SMILES string of the molecule is O=C(OC[C@H]1O[C@@H](n2c(SCc3ccccc3)nc3cc4cc(Cl)c(Cl)cc4cc32)[C@H](OC(=O)c2ccccc2)[C@@H]1OC(=O)c1ccccc1)c1ccccc1. The number of aromatic nitrogens is 2. The van der Waals surface area contributed by atoms with Gasteiger partial charge in [0, 0.05) is 5.75 Å². The van der Waals surface area contributed by atoms with E-state index in [4.69, 9.17) is 47.1 Å². The monoisotopic (exact) mass is 802 g/mol. The van der Waals surface area contributed by atoms with Crippen LogP contribution in [0.2, 0.25) is 10.0 Å². The lowest BCUT2D eigenvalue weighted by molar-refractivity contribution is -0.0636. The number of carbonyl (C=O) groups excluding carboxylic acids is 3. The van der Waals surface area contributed by atoms with Crippen molar-refractivity contribution in [1.82, 2.24) is 9.55 Å². The van der Waals surface area contributed by atoms with Gasteiger partial charge in [0.1, 0.15) is 12.7 Å². The van der Waals surface area contributed by atoms with E-state index in [9.17, 15) is 14.4 Å². The summed E-state index contributed by atoms with van der Waals surface area (Å²) in [5.41, 5.74) is 3.19. The Balaban J connectivity index is 1.26. The Morgan fingerprint density at radius 3 is 1.71 bits per heavy atom. The lowest BCUT2D eigenvalue weighted by Gasteiger charge is -2.26. The zero-order valence-electron chi connectivity index (χ0n) is 29.5. The number of ether oxygens (including phenoxy) is 4. The van der Waals surface area contributed by atoms with Crippen molar-refractivity contribution in [1.29, 1.82) is 0 Å². The predicted octanol–water partition coefficient (Wildman–Crippen LogP) is 9.99. The third-order valence-corrected chi connectivity index (χ3v) is 11.0. The largest absolute Gasteiger partial charge is 0.459 e. The van der Waals surface area contributed by atoms with Gasteiger partial charge in [-0.25, -0.2) is 19.4 Å². The molecule has 0 aliphatic carbocycles. The molecule has 1 fully saturated rings. The summed E-state index contributed by atoms with van der Waals surface area (Å²) in [6.07, 6.45) is -4.66. The van der Waals surface area contributed by atoms with Crippen LogP contribution in [0, 0.1) is 0 Å². The lowest BCUT2D eigenvalue weighted by atomic mass is 10.1. The van der Waals surface area contributed by atoms with Crippen LogP contribution < -0.4 is 0 Å². The Hall–Kier alpha value is -5.65. The number of thioether (sulfide) groups is 1. The molecule has 9 nitrogen and oxygen atoms in total. The molecule has 1 saturated heterocycles. The van der Waals surface area contributed by atoms with Crippen molar-refractivity contribution < 1.29 is 33.3 Å². The maximum Gasteiger partial charge on any atom is 0.338 e. The van der Waals surface area contributed by atoms with Gasteiger partial charge in [0.2, 0.25) is 0 Å². The number of hydrogen-bond acceptors (Lipinski definition) is 9. The Morgan fingerprint density at radius 1 is 0.643 bits per heavy atom. The van der Waals surface area contributed by atoms with Gasteiger partial charge in [-0.3, -0.25) is 4.57 Å². The fourth-order valence-electron chi connectivity index (χ4n) is 6.55. The zero-order valence-corrected chi connectivity index (χ0v) is 31.8. The molecule has 56 heavy (non-hydrogen) atoms. The Morgan fingerprint density at radius 2 is 1.14 bits per heavy atom. The minimum Gasteiger partial charge on any atom is -0.459 e. The second-order valence-electron chi connectivity index (χ2n) is 13.0. The summed E-state index contributed by atoms with van der Waals surface area (Å²) in [6.45, 7) is -0.327. The predicted molar refractivity (Wildman–Crippen MR) is 215 cm³/mol. The van der Waals surface area contributed by atoms with Gasteiger partial charge in [0.25, 0.3) is 0 Å². The Bertz CT molecular complexity index is 2520. The van der Waals surface area contributed by atoms with Gasteiger partial charge >= 0.3 is 17.9 Å². The van der Waals surface area contributed by atoms with Crippen molar-refractivity contribution in [2.45, 2.75) is 35.4 Å². The number of halogens is 2. The fraction of sp³-hybridized carbons (Fsp3) is 0.136. The standard InChI is InChI=1S/C44H32Cl2N2O7S/c45-33-21-31-23-35-36(24-32(31)22-34(33)46)48(44(47-35)56-26-27-13-5-1-6-14-27)40-39(55-43(51)30-19-11-4-12-20-30)38(54-42(50)29-17-9-3-10-18-29)37(53-40)25-52-41(49)28-15-7-2-8-16-28/h1-24,37-40H,25-26H2/t37-,38-,39-,40-/m1/s1. The van der Waals surface area contributed by atoms with Gasteiger partial charge in [-0.2, -0.15) is 0 Å². The third-order valence-electron chi connectivity index (χ3n) is 9.30. The van der Waals surface area contributed by atoms with E-state index in [1.54, 1.807) is 103 Å². The average molecular weight is 804 g/mol. The summed E-state index contributed by atoms with van der Waals surface area (Å²) in [4.78, 5) is 46.0. The fourth-order valence-corrected chi connectivity index (χ4v) is 7.88. The summed E-state index contributed by atoms with van der Waals surface area (Å²) in [5.74, 6) is -1.39. The molecule has 0 amide bonds. The highest BCUT2D eigenvalue weighted by atomic mass is 35.5. The van der Waals surface area contributed by atoms with Crippen LogP contribution >= 0.6 is 35.0 Å². The summed E-state index contributed by atoms with van der Waals surface area (Å²) in [5, 5.41) is 2.92. The van der Waals surface area contributed by atoms with Crippen molar-refractivity contribution in [2.75, 3.05) is 6.61 Å². The number of benzene rings is 6. The van der Waals surface area contributed by atoms with Crippen LogP contribution in [0.25, 0.3) is 21.8 Å². The summed E-state index contributed by atoms with van der Waals surface area (Å²) in [7, 11) is 0. The number of fused-ring (bicyclic) bond motifs is 2. The van der Waals surface area contributed by atoms with Gasteiger partial charge in [0.05, 0.1) is 37.8 Å². The van der Waals surface area contributed by atoms with Crippen molar-refractivity contribution in [3.05, 3.63) is 178 Å². The topological polar surface area (TPSA) is 106 Å². The number of carbonyl (C=O) groups is 3. The smallest absolute Gasteiger partial charge is 0.338 e. The normalized spacial score (nSPS) is 17.8. The van der Waals surface area contributed by atoms with Crippen molar-refractivity contribution in [3.8, 4) is 0 Å². The molecule has 6 aromatic carbocycles. The molecule has 4 atom stereocenters. The average Bonchev–Trinajstić information content (AvgIpc) is 3.75. The van der Waals surface area contributed by atoms with Crippen LogP contribution in [-0.4, -0.2) is 52.4 Å². The molecule has 0 unspecified atom stereocenters. The number of nitrogens with zero attached hydrogens (tertiary/aromatic N) is 2. The highest BCUT2D eigenvalue weighted by Crippen LogP contribution is 2.42. The van der Waals surface area contributed by atoms with E-state index in [2.05, 4.69) is 0 Å². The van der Waals surface area contributed by atoms with E-state index < -0.39 is 42.4 Å². The van der Waals surface area contributed by atoms with E-state index in [-0.39, 0.29) is 17.7 Å². The summed E-state index contributed by atoms with van der Waals surface area (Å²) < 4.78 is 26.9. The minimum absolute atomic E-state index is 0.276. The van der Waals surface area contributed by atoms with Crippen LogP contribution in [0.3, 0.4) is 0 Å². The Labute approximate surface area is 336 Å². The zero-order chi connectivity index (χ0) is 38.6. The van der Waals surface area contributed by atoms with Crippen molar-refractivity contribution >= 4 is 74.7 Å². The Kier molecular flexibility index (Phi) is 11.1. The highest BCUT2D eigenvalue weighted by Gasteiger charge is 2.52. The van der Waals surface area contributed by atoms with Crippen molar-refractivity contribution in [2.24, 2.45) is 0 Å². The van der Waals surface area contributed by atoms with Gasteiger partial charge in [-0.05, 0) is 77.0 Å². The first-order valence-corrected chi connectivity index (χ1v) is 19.4. The number of imidazole rings is 1. The van der Waals surface area contributed by atoms with E-state index in [0.717, 1.165) is 16.3 Å². The quantitative estimate of drug-likeness (QED) is 0.0718. The minimum atomic E-state index is -1.24. The van der Waals surface area contributed by atoms with Crippen LogP contribution in [-0.2, 0) is 24.7 Å². The van der Waals surface area contributed by atoms with Crippen LogP contribution in [0.15, 0.2) is 151 Å². The van der Waals surface area contributed by atoms with E-state index in [0.29, 0.717) is 37.6 Å². The molecule has 1 aromatic heterocycles. The molecule has 0 bridgehead atoms.